The number of esters is 1. The van der Waals surface area contributed by atoms with Gasteiger partial charge in [-0.25, -0.2) is 18.0 Å². The Balaban J connectivity index is 2.00. The summed E-state index contributed by atoms with van der Waals surface area (Å²) >= 11 is 6.04. The van der Waals surface area contributed by atoms with E-state index in [9.17, 15) is 22.8 Å². The molecule has 156 valence electrons. The first-order valence-corrected chi connectivity index (χ1v) is 8.84. The number of aryl methyl sites for hydroxylation is 1. The van der Waals surface area contributed by atoms with E-state index in [4.69, 9.17) is 16.3 Å². The number of hydrogen-bond donors (Lipinski definition) is 0. The van der Waals surface area contributed by atoms with E-state index in [2.05, 4.69) is 9.72 Å². The van der Waals surface area contributed by atoms with Crippen molar-refractivity contribution in [2.45, 2.75) is 13.5 Å². The number of halogens is 4. The summed E-state index contributed by atoms with van der Waals surface area (Å²) in [6.07, 6.45) is 0. The Bertz CT molecular complexity index is 1200. The second kappa shape index (κ2) is 8.58. The molecule has 0 fully saturated rings. The minimum atomic E-state index is -0.861. The topological polar surface area (TPSA) is 70.4 Å². The molecule has 3 rings (SSSR count). The molecule has 0 aliphatic carbocycles. The van der Waals surface area contributed by atoms with Crippen LogP contribution in [-0.4, -0.2) is 22.6 Å². The van der Waals surface area contributed by atoms with E-state index in [0.29, 0.717) is 6.07 Å². The van der Waals surface area contributed by atoms with Gasteiger partial charge in [-0.15, -0.1) is 0 Å². The molecule has 0 aliphatic rings. The fourth-order valence-electron chi connectivity index (χ4n) is 2.68. The summed E-state index contributed by atoms with van der Waals surface area (Å²) in [5.74, 6) is -3.40. The zero-order valence-corrected chi connectivity index (χ0v) is 16.5. The van der Waals surface area contributed by atoms with Crippen LogP contribution in [0, 0.1) is 24.4 Å². The van der Waals surface area contributed by atoms with Crippen molar-refractivity contribution in [2.75, 3.05) is 7.11 Å². The van der Waals surface area contributed by atoms with Crippen LogP contribution < -0.4 is 10.3 Å². The molecule has 3 aromatic rings. The van der Waals surface area contributed by atoms with E-state index in [1.807, 2.05) is 0 Å². The predicted octanol–water partition coefficient (Wildman–Crippen LogP) is 3.98. The first-order chi connectivity index (χ1) is 14.2. The summed E-state index contributed by atoms with van der Waals surface area (Å²) < 4.78 is 51.9. The van der Waals surface area contributed by atoms with Gasteiger partial charge >= 0.3 is 5.97 Å². The van der Waals surface area contributed by atoms with Gasteiger partial charge in [0.15, 0.2) is 5.02 Å². The maximum atomic E-state index is 14.4. The molecule has 30 heavy (non-hydrogen) atoms. The van der Waals surface area contributed by atoms with E-state index in [1.54, 1.807) is 0 Å². The fourth-order valence-corrected chi connectivity index (χ4v) is 2.86. The van der Waals surface area contributed by atoms with Crippen molar-refractivity contribution in [1.82, 2.24) is 9.55 Å². The van der Waals surface area contributed by atoms with Gasteiger partial charge in [-0.3, -0.25) is 9.36 Å². The van der Waals surface area contributed by atoms with Crippen molar-refractivity contribution in [3.63, 3.8) is 0 Å². The number of nitrogens with zero attached hydrogens (tertiary/aromatic N) is 2. The molecule has 0 radical (unpaired) electrons. The van der Waals surface area contributed by atoms with E-state index in [-0.39, 0.29) is 35.1 Å². The maximum Gasteiger partial charge on any atom is 0.337 e. The molecule has 0 saturated carbocycles. The van der Waals surface area contributed by atoms with E-state index in [1.165, 1.54) is 19.1 Å². The number of ether oxygens (including phenoxy) is 2. The summed E-state index contributed by atoms with van der Waals surface area (Å²) in [5, 5.41) is -0.481. The van der Waals surface area contributed by atoms with E-state index in [0.717, 1.165) is 29.9 Å². The van der Waals surface area contributed by atoms with Crippen molar-refractivity contribution >= 4 is 17.6 Å². The lowest BCUT2D eigenvalue weighted by Gasteiger charge is -2.14. The van der Waals surface area contributed by atoms with Crippen molar-refractivity contribution < 1.29 is 27.4 Å². The summed E-state index contributed by atoms with van der Waals surface area (Å²) in [5.41, 5.74) is -1.08. The van der Waals surface area contributed by atoms with Crippen LogP contribution >= 0.6 is 11.6 Å². The maximum absolute atomic E-state index is 14.4. The normalized spacial score (nSPS) is 10.7. The van der Waals surface area contributed by atoms with E-state index >= 15 is 0 Å². The first-order valence-electron chi connectivity index (χ1n) is 8.47. The quantitative estimate of drug-likeness (QED) is 0.564. The molecule has 0 N–H and O–H groups in total. The molecule has 0 atom stereocenters. The highest BCUT2D eigenvalue weighted by Gasteiger charge is 2.20. The highest BCUT2D eigenvalue weighted by Crippen LogP contribution is 2.23. The number of rotatable bonds is 5. The second-order valence-corrected chi connectivity index (χ2v) is 6.48. The van der Waals surface area contributed by atoms with Gasteiger partial charge in [-0.1, -0.05) is 11.6 Å². The average molecular weight is 439 g/mol. The lowest BCUT2D eigenvalue weighted by Crippen LogP contribution is -2.24. The van der Waals surface area contributed by atoms with Crippen LogP contribution in [0.3, 0.4) is 0 Å². The van der Waals surface area contributed by atoms with Crippen LogP contribution in [-0.2, 0) is 11.3 Å². The van der Waals surface area contributed by atoms with Gasteiger partial charge in [0.05, 0.1) is 18.4 Å². The summed E-state index contributed by atoms with van der Waals surface area (Å²) in [6, 6.07) is 6.26. The lowest BCUT2D eigenvalue weighted by molar-refractivity contribution is 0.0600. The Hall–Kier alpha value is -3.33. The number of hydrogen-bond acceptors (Lipinski definition) is 5. The first kappa shape index (κ1) is 21.4. The highest BCUT2D eigenvalue weighted by molar-refractivity contribution is 6.31. The third kappa shape index (κ3) is 4.16. The molecule has 0 spiro atoms. The Kier molecular flexibility index (Phi) is 6.12. The van der Waals surface area contributed by atoms with Crippen molar-refractivity contribution in [3.05, 3.63) is 86.2 Å². The SMILES string of the molecule is COC(=O)c1ccc(F)c(-n2c(C)nc(OCc3ccc(F)cc3F)c(Cl)c2=O)c1. The van der Waals surface area contributed by atoms with Crippen molar-refractivity contribution in [2.24, 2.45) is 0 Å². The molecule has 6 nitrogen and oxygen atoms in total. The Morgan fingerprint density at radius 3 is 2.53 bits per heavy atom. The molecular weight excluding hydrogens is 425 g/mol. The Labute approximate surface area is 173 Å². The minimum Gasteiger partial charge on any atom is -0.471 e. The van der Waals surface area contributed by atoms with Crippen molar-refractivity contribution in [1.29, 1.82) is 0 Å². The minimum absolute atomic E-state index is 0.0000983. The van der Waals surface area contributed by atoms with Crippen LogP contribution in [0.4, 0.5) is 13.2 Å². The number of carbonyl (C=O) groups is 1. The molecule has 0 amide bonds. The molecular formula is C20H14ClF3N2O4. The molecule has 0 unspecified atom stereocenters. The van der Waals surface area contributed by atoms with Crippen LogP contribution in [0.15, 0.2) is 41.2 Å². The van der Waals surface area contributed by atoms with Crippen LogP contribution in [0.2, 0.25) is 5.02 Å². The van der Waals surface area contributed by atoms with Gasteiger partial charge in [-0.05, 0) is 37.3 Å². The van der Waals surface area contributed by atoms with Crippen LogP contribution in [0.1, 0.15) is 21.7 Å². The third-order valence-electron chi connectivity index (χ3n) is 4.15. The average Bonchev–Trinajstić information content (AvgIpc) is 2.71. The summed E-state index contributed by atoms with van der Waals surface area (Å²) in [4.78, 5) is 28.5. The van der Waals surface area contributed by atoms with Gasteiger partial charge in [-0.2, -0.15) is 4.98 Å². The smallest absolute Gasteiger partial charge is 0.337 e. The Morgan fingerprint density at radius 2 is 1.87 bits per heavy atom. The van der Waals surface area contributed by atoms with Gasteiger partial charge in [0.1, 0.15) is 29.9 Å². The van der Waals surface area contributed by atoms with Crippen LogP contribution in [0.5, 0.6) is 5.88 Å². The van der Waals surface area contributed by atoms with Crippen LogP contribution in [0.25, 0.3) is 5.69 Å². The number of carbonyl (C=O) groups excluding carboxylic acids is 1. The Morgan fingerprint density at radius 1 is 1.13 bits per heavy atom. The molecule has 2 aromatic carbocycles. The molecule has 1 heterocycles. The molecule has 1 aromatic heterocycles. The van der Waals surface area contributed by atoms with Gasteiger partial charge < -0.3 is 9.47 Å². The molecule has 10 heteroatoms. The van der Waals surface area contributed by atoms with Crippen molar-refractivity contribution in [3.8, 4) is 11.6 Å². The standard InChI is InChI=1S/C20H14ClF3N2O4/c1-10-25-18(30-9-12-3-5-13(22)8-15(12)24)17(21)19(27)26(10)16-7-11(20(28)29-2)4-6-14(16)23/h3-8H,9H2,1-2H3. The van der Waals surface area contributed by atoms with E-state index < -0.39 is 34.0 Å². The monoisotopic (exact) mass is 438 g/mol. The predicted molar refractivity (Wildman–Crippen MR) is 102 cm³/mol. The number of aromatic nitrogens is 2. The zero-order chi connectivity index (χ0) is 22.0. The number of benzene rings is 2. The number of methoxy groups -OCH3 is 1. The van der Waals surface area contributed by atoms with Gasteiger partial charge in [0.25, 0.3) is 5.56 Å². The largest absolute Gasteiger partial charge is 0.471 e. The molecule has 0 bridgehead atoms. The fraction of sp³-hybridized carbons (Fsp3) is 0.150. The van der Waals surface area contributed by atoms with Gasteiger partial charge in [0, 0.05) is 11.6 Å². The lowest BCUT2D eigenvalue weighted by atomic mass is 10.2. The summed E-state index contributed by atoms with van der Waals surface area (Å²) in [7, 11) is 1.16. The summed E-state index contributed by atoms with van der Waals surface area (Å²) in [6.45, 7) is 1.03. The van der Waals surface area contributed by atoms with Gasteiger partial charge in [0.2, 0.25) is 5.88 Å². The zero-order valence-electron chi connectivity index (χ0n) is 15.7. The second-order valence-electron chi connectivity index (χ2n) is 6.10. The molecule has 0 aliphatic heterocycles. The third-order valence-corrected chi connectivity index (χ3v) is 4.48. The highest BCUT2D eigenvalue weighted by atomic mass is 35.5. The molecule has 0 saturated heterocycles.